The summed E-state index contributed by atoms with van der Waals surface area (Å²) in [5, 5.41) is 0. The van der Waals surface area contributed by atoms with Crippen molar-refractivity contribution in [2.45, 2.75) is 61.0 Å². The maximum atomic E-state index is 4.00. The summed E-state index contributed by atoms with van der Waals surface area (Å²) in [7, 11) is 0. The molecule has 2 heteroatoms. The van der Waals surface area contributed by atoms with Crippen LogP contribution >= 0.6 is 31.9 Å². The Morgan fingerprint density at radius 2 is 1.12 bits per heavy atom. The first-order valence-corrected chi connectivity index (χ1v) is 8.76. The highest BCUT2D eigenvalue weighted by molar-refractivity contribution is 9.09. The molecule has 0 saturated heterocycles. The molecule has 4 saturated carbocycles. The van der Waals surface area contributed by atoms with Crippen molar-refractivity contribution >= 4 is 31.9 Å². The van der Waals surface area contributed by atoms with E-state index in [4.69, 9.17) is 0 Å². The fraction of sp³-hybridized carbons (Fsp3) is 1.00. The second kappa shape index (κ2) is 3.29. The minimum atomic E-state index is 0.753. The number of hydrogen-bond acceptors (Lipinski definition) is 0. The van der Waals surface area contributed by atoms with Crippen LogP contribution in [0.1, 0.15) is 51.4 Å². The van der Waals surface area contributed by atoms with Crippen molar-refractivity contribution in [2.24, 2.45) is 22.7 Å². The van der Waals surface area contributed by atoms with Gasteiger partial charge in [-0.1, -0.05) is 31.9 Å². The average molecular weight is 348 g/mol. The van der Waals surface area contributed by atoms with Crippen LogP contribution in [0.3, 0.4) is 0 Å². The third-order valence-electron chi connectivity index (χ3n) is 6.61. The SMILES string of the molecule is Br[C@@H]1CC23CCC(C2)[C@H](Br)CC32CCC1C2. The van der Waals surface area contributed by atoms with Gasteiger partial charge in [-0.3, -0.25) is 0 Å². The molecule has 4 rings (SSSR count). The Morgan fingerprint density at radius 1 is 0.688 bits per heavy atom. The van der Waals surface area contributed by atoms with Crippen molar-refractivity contribution in [1.82, 2.24) is 0 Å². The van der Waals surface area contributed by atoms with Gasteiger partial charge in [-0.25, -0.2) is 0 Å². The van der Waals surface area contributed by atoms with E-state index in [9.17, 15) is 0 Å². The normalized spacial score (nSPS) is 63.4. The van der Waals surface area contributed by atoms with E-state index in [1.165, 1.54) is 51.4 Å². The van der Waals surface area contributed by atoms with Crippen molar-refractivity contribution in [1.29, 1.82) is 0 Å². The van der Waals surface area contributed by atoms with Gasteiger partial charge in [0.1, 0.15) is 0 Å². The van der Waals surface area contributed by atoms with Crippen LogP contribution in [0.25, 0.3) is 0 Å². The number of hydrogen-bond donors (Lipinski definition) is 0. The van der Waals surface area contributed by atoms with Gasteiger partial charge in [-0.15, -0.1) is 0 Å². The predicted octanol–water partition coefficient (Wildman–Crippen LogP) is 4.89. The van der Waals surface area contributed by atoms with E-state index in [0.717, 1.165) is 32.3 Å². The maximum absolute atomic E-state index is 4.00. The smallest absolute Gasteiger partial charge is 0.0179 e. The van der Waals surface area contributed by atoms with Crippen LogP contribution in [0.5, 0.6) is 0 Å². The van der Waals surface area contributed by atoms with E-state index < -0.39 is 0 Å². The van der Waals surface area contributed by atoms with Gasteiger partial charge in [0.25, 0.3) is 0 Å². The van der Waals surface area contributed by atoms with Gasteiger partial charge in [-0.05, 0) is 74.0 Å². The molecule has 0 heterocycles. The molecule has 0 nitrogen and oxygen atoms in total. The lowest BCUT2D eigenvalue weighted by Crippen LogP contribution is -2.49. The van der Waals surface area contributed by atoms with Crippen LogP contribution in [0.2, 0.25) is 0 Å². The predicted molar refractivity (Wildman–Crippen MR) is 74.2 cm³/mol. The maximum Gasteiger partial charge on any atom is 0.0179 e. The highest BCUT2D eigenvalue weighted by Gasteiger charge is 2.65. The highest BCUT2D eigenvalue weighted by atomic mass is 79.9. The molecular weight excluding hydrogens is 328 g/mol. The summed E-state index contributed by atoms with van der Waals surface area (Å²) < 4.78 is 0. The second-order valence-electron chi connectivity index (χ2n) is 7.01. The number of fused-ring (bicyclic) bond motifs is 2. The van der Waals surface area contributed by atoms with Crippen LogP contribution in [-0.2, 0) is 0 Å². The lowest BCUT2D eigenvalue weighted by molar-refractivity contribution is -0.0242. The fourth-order valence-corrected chi connectivity index (χ4v) is 7.94. The largest absolute Gasteiger partial charge is 0.0887 e. The molecular formula is C14H20Br2. The summed E-state index contributed by atoms with van der Waals surface area (Å²) >= 11 is 8.00. The molecule has 0 aromatic heterocycles. The summed E-state index contributed by atoms with van der Waals surface area (Å²) in [5.74, 6) is 2.00. The van der Waals surface area contributed by atoms with Crippen LogP contribution in [0.4, 0.5) is 0 Å². The van der Waals surface area contributed by atoms with Crippen LogP contribution in [0, 0.1) is 22.7 Å². The molecule has 16 heavy (non-hydrogen) atoms. The topological polar surface area (TPSA) is 0 Å². The van der Waals surface area contributed by atoms with Gasteiger partial charge >= 0.3 is 0 Å². The molecule has 90 valence electrons. The summed E-state index contributed by atoms with van der Waals surface area (Å²) in [6.07, 6.45) is 12.1. The molecule has 4 fully saturated rings. The molecule has 4 bridgehead atoms. The van der Waals surface area contributed by atoms with Crippen LogP contribution in [-0.4, -0.2) is 9.65 Å². The van der Waals surface area contributed by atoms with E-state index in [1.54, 1.807) is 0 Å². The first-order valence-electron chi connectivity index (χ1n) is 6.92. The van der Waals surface area contributed by atoms with Gasteiger partial charge in [0.2, 0.25) is 0 Å². The Labute approximate surface area is 115 Å². The van der Waals surface area contributed by atoms with Crippen molar-refractivity contribution in [3.05, 3.63) is 0 Å². The number of halogens is 2. The molecule has 2 spiro atoms. The minimum Gasteiger partial charge on any atom is -0.0887 e. The minimum absolute atomic E-state index is 0.753. The van der Waals surface area contributed by atoms with E-state index in [-0.39, 0.29) is 0 Å². The molecule has 4 aliphatic rings. The van der Waals surface area contributed by atoms with Crippen molar-refractivity contribution in [2.75, 3.05) is 0 Å². The zero-order valence-corrected chi connectivity index (χ0v) is 12.9. The zero-order valence-electron chi connectivity index (χ0n) is 9.72. The lowest BCUT2D eigenvalue weighted by Gasteiger charge is -2.55. The summed E-state index contributed by atoms with van der Waals surface area (Å²) in [6.45, 7) is 0. The highest BCUT2D eigenvalue weighted by Crippen LogP contribution is 2.73. The molecule has 4 unspecified atom stereocenters. The van der Waals surface area contributed by atoms with E-state index in [1.807, 2.05) is 0 Å². The van der Waals surface area contributed by atoms with Gasteiger partial charge < -0.3 is 0 Å². The Morgan fingerprint density at radius 3 is 1.56 bits per heavy atom. The van der Waals surface area contributed by atoms with Crippen LogP contribution in [0.15, 0.2) is 0 Å². The summed E-state index contributed by atoms with van der Waals surface area (Å²) in [4.78, 5) is 1.68. The lowest BCUT2D eigenvalue weighted by atomic mass is 9.52. The molecule has 4 aliphatic carbocycles. The third kappa shape index (κ3) is 1.17. The Bertz CT molecular complexity index is 297. The molecule has 0 radical (unpaired) electrons. The van der Waals surface area contributed by atoms with E-state index >= 15 is 0 Å². The van der Waals surface area contributed by atoms with Crippen molar-refractivity contribution in [3.8, 4) is 0 Å². The molecule has 0 N–H and O–H groups in total. The standard InChI is InChI=1S/C14H20Br2/c15-11-7-14-4-2-10(6-14)12(16)8-13(14)3-1-9(11)5-13/h9-12H,1-8H2/t9?,10?,11-,12-,13?,14?/m1/s1. The quantitative estimate of drug-likeness (QED) is 0.547. The van der Waals surface area contributed by atoms with E-state index in [2.05, 4.69) is 31.9 Å². The first kappa shape index (κ1) is 10.8. The molecule has 0 aliphatic heterocycles. The van der Waals surface area contributed by atoms with Gasteiger partial charge in [0.05, 0.1) is 0 Å². The monoisotopic (exact) mass is 346 g/mol. The van der Waals surface area contributed by atoms with Gasteiger partial charge in [0.15, 0.2) is 0 Å². The summed E-state index contributed by atoms with van der Waals surface area (Å²) in [5.41, 5.74) is 1.51. The van der Waals surface area contributed by atoms with Crippen molar-refractivity contribution in [3.63, 3.8) is 0 Å². The van der Waals surface area contributed by atoms with Gasteiger partial charge in [-0.2, -0.15) is 0 Å². The summed E-state index contributed by atoms with van der Waals surface area (Å²) in [6, 6.07) is 0. The Kier molecular flexibility index (Phi) is 2.23. The van der Waals surface area contributed by atoms with Gasteiger partial charge in [0, 0.05) is 9.65 Å². The second-order valence-corrected chi connectivity index (χ2v) is 9.36. The molecule has 6 atom stereocenters. The van der Waals surface area contributed by atoms with Crippen LogP contribution < -0.4 is 0 Å². The first-order chi connectivity index (χ1) is 7.64. The fourth-order valence-electron chi connectivity index (χ4n) is 5.80. The molecule has 0 amide bonds. The van der Waals surface area contributed by atoms with E-state index in [0.29, 0.717) is 0 Å². The average Bonchev–Trinajstić information content (AvgIpc) is 2.78. The number of alkyl halides is 2. The Hall–Kier alpha value is 0.960. The number of rotatable bonds is 0. The molecule has 0 aromatic rings. The third-order valence-corrected chi connectivity index (χ3v) is 8.76. The van der Waals surface area contributed by atoms with Crippen molar-refractivity contribution < 1.29 is 0 Å². The Balaban J connectivity index is 1.79. The molecule has 0 aromatic carbocycles. The zero-order chi connectivity index (χ0) is 11.0.